The Morgan fingerprint density at radius 2 is 0.556 bits per heavy atom. The SMILES string of the molecule is CC(=O)O.CC(=O)O.[CH2-]C(C)(C)P(C(C)(C)C)C(C)(C)C.[CH2-]C(C)(C)P(C(C)(C)C)C(C)(C)C.[Pd].[Pd]. The molecule has 0 heterocycles. The van der Waals surface area contributed by atoms with Gasteiger partial charge in [0.25, 0.3) is 11.9 Å². The number of carbonyl (C=O) groups is 2. The minimum absolute atomic E-state index is 0. The first-order valence-corrected chi connectivity index (χ1v) is 14.6. The third kappa shape index (κ3) is 29.7. The van der Waals surface area contributed by atoms with Gasteiger partial charge in [-0.2, -0.15) is 0 Å². The van der Waals surface area contributed by atoms with Gasteiger partial charge in [0.1, 0.15) is 0 Å². The zero-order valence-electron chi connectivity index (χ0n) is 26.7. The first-order valence-electron chi connectivity index (χ1n) is 11.9. The van der Waals surface area contributed by atoms with Gasteiger partial charge in [-0.3, -0.25) is 9.59 Å². The molecule has 36 heavy (non-hydrogen) atoms. The van der Waals surface area contributed by atoms with Gasteiger partial charge in [-0.1, -0.05) is 111 Å². The van der Waals surface area contributed by atoms with Crippen LogP contribution in [0.3, 0.4) is 0 Å². The van der Waals surface area contributed by atoms with Gasteiger partial charge in [0.05, 0.1) is 0 Å². The van der Waals surface area contributed by atoms with Gasteiger partial charge in [0, 0.05) is 54.7 Å². The van der Waals surface area contributed by atoms with E-state index < -0.39 is 11.9 Å². The van der Waals surface area contributed by atoms with Crippen LogP contribution in [0.2, 0.25) is 0 Å². The van der Waals surface area contributed by atoms with Crippen molar-refractivity contribution in [3.63, 3.8) is 0 Å². The summed E-state index contributed by atoms with van der Waals surface area (Å²) in [5, 5.41) is 16.8. The van der Waals surface area contributed by atoms with E-state index in [1.165, 1.54) is 0 Å². The van der Waals surface area contributed by atoms with Crippen LogP contribution < -0.4 is 0 Å². The predicted octanol–water partition coefficient (Wildman–Crippen LogP) is 9.53. The van der Waals surface area contributed by atoms with Crippen molar-refractivity contribution in [2.75, 3.05) is 0 Å². The molecule has 0 saturated carbocycles. The molecule has 0 aromatic heterocycles. The molecule has 0 aliphatic rings. The van der Waals surface area contributed by atoms with E-state index in [0.29, 0.717) is 20.6 Å². The molecule has 0 bridgehead atoms. The Labute approximate surface area is 256 Å². The van der Waals surface area contributed by atoms with Gasteiger partial charge in [-0.05, 0) is 20.6 Å². The third-order valence-electron chi connectivity index (χ3n) is 3.89. The second kappa shape index (κ2) is 18.5. The van der Waals surface area contributed by atoms with E-state index in [1.54, 1.807) is 0 Å². The number of rotatable bonds is 2. The Kier molecular flexibility index (Phi) is 25.7. The van der Waals surface area contributed by atoms with Gasteiger partial charge in [-0.25, -0.2) is 0 Å². The zero-order chi connectivity index (χ0) is 29.3. The topological polar surface area (TPSA) is 74.6 Å². The van der Waals surface area contributed by atoms with Crippen LogP contribution in [0.5, 0.6) is 0 Å². The van der Waals surface area contributed by atoms with Crippen LogP contribution in [-0.2, 0) is 50.4 Å². The second-order valence-corrected chi connectivity index (χ2v) is 23.1. The van der Waals surface area contributed by atoms with Crippen molar-refractivity contribution in [1.82, 2.24) is 0 Å². The first-order chi connectivity index (χ1) is 14.2. The summed E-state index contributed by atoms with van der Waals surface area (Å²) in [6.07, 6.45) is 0. The van der Waals surface area contributed by atoms with E-state index in [4.69, 9.17) is 19.8 Å². The molecule has 2 N–H and O–H groups in total. The fraction of sp³-hybridized carbons (Fsp3) is 0.857. The average Bonchev–Trinajstić information content (AvgIpc) is 2.23. The number of aliphatic carboxylic acids is 2. The maximum Gasteiger partial charge on any atom is 0.300 e. The van der Waals surface area contributed by atoms with Gasteiger partial charge in [-0.15, -0.1) is 26.2 Å². The third-order valence-corrected chi connectivity index (χ3v) is 11.7. The average molecular weight is 736 g/mol. The molecule has 0 unspecified atom stereocenters. The Morgan fingerprint density at radius 3 is 0.556 bits per heavy atom. The Balaban J connectivity index is -0.0000000923. The van der Waals surface area contributed by atoms with Crippen molar-refractivity contribution in [3.05, 3.63) is 13.8 Å². The van der Waals surface area contributed by atoms with Crippen LogP contribution in [0.4, 0.5) is 0 Å². The number of carboxylic acids is 2. The molecule has 0 amide bonds. The number of hydrogen-bond acceptors (Lipinski definition) is 2. The Hall–Kier alpha value is 1.12. The molecule has 0 atom stereocenters. The molecule has 228 valence electrons. The summed E-state index contributed by atoms with van der Waals surface area (Å²) in [5.41, 5.74) is 0. The molecule has 0 saturated heterocycles. The Morgan fingerprint density at radius 1 is 0.472 bits per heavy atom. The molecule has 0 aromatic carbocycles. The van der Waals surface area contributed by atoms with Gasteiger partial charge >= 0.3 is 0 Å². The molecular weight excluding hydrogens is 675 g/mol. The quantitative estimate of drug-likeness (QED) is 0.168. The van der Waals surface area contributed by atoms with Crippen molar-refractivity contribution in [2.24, 2.45) is 0 Å². The molecular formula is C28H60O4P2Pd2-2. The summed E-state index contributed by atoms with van der Waals surface area (Å²) in [6.45, 7) is 48.1. The van der Waals surface area contributed by atoms with Crippen molar-refractivity contribution in [1.29, 1.82) is 0 Å². The summed E-state index contributed by atoms with van der Waals surface area (Å²) in [4.78, 5) is 18.0. The van der Waals surface area contributed by atoms with Gasteiger partial charge in [0.2, 0.25) is 0 Å². The molecule has 0 rings (SSSR count). The molecule has 0 fully saturated rings. The fourth-order valence-electron chi connectivity index (χ4n) is 5.64. The molecule has 0 radical (unpaired) electrons. The van der Waals surface area contributed by atoms with E-state index in [9.17, 15) is 0 Å². The minimum Gasteiger partial charge on any atom is -0.481 e. The van der Waals surface area contributed by atoms with Crippen LogP contribution in [0.1, 0.15) is 125 Å². The number of carboxylic acid groups (broad SMARTS) is 2. The van der Waals surface area contributed by atoms with Crippen molar-refractivity contribution < 1.29 is 60.6 Å². The first kappa shape index (κ1) is 50.0. The monoisotopic (exact) mass is 734 g/mol. The summed E-state index contributed by atoms with van der Waals surface area (Å²) < 4.78 is 0. The molecule has 8 heteroatoms. The van der Waals surface area contributed by atoms with Crippen molar-refractivity contribution >= 4 is 27.8 Å². The van der Waals surface area contributed by atoms with Gasteiger partial charge < -0.3 is 24.1 Å². The Bertz CT molecular complexity index is 467. The normalized spacial score (nSPS) is 12.4. The van der Waals surface area contributed by atoms with Crippen LogP contribution >= 0.6 is 15.8 Å². The van der Waals surface area contributed by atoms with Gasteiger partial charge in [0.15, 0.2) is 0 Å². The maximum absolute atomic E-state index is 9.00. The van der Waals surface area contributed by atoms with E-state index >= 15 is 0 Å². The fourth-order valence-corrected chi connectivity index (χ4v) is 16.9. The number of hydrogen-bond donors (Lipinski definition) is 2. The van der Waals surface area contributed by atoms with Crippen molar-refractivity contribution in [2.45, 2.75) is 156 Å². The van der Waals surface area contributed by atoms with E-state index in [-0.39, 0.29) is 67.0 Å². The van der Waals surface area contributed by atoms with Crippen LogP contribution in [0.25, 0.3) is 0 Å². The van der Waals surface area contributed by atoms with Crippen LogP contribution in [0, 0.1) is 13.8 Å². The van der Waals surface area contributed by atoms with E-state index in [0.717, 1.165) is 13.8 Å². The summed E-state index contributed by atoms with van der Waals surface area (Å²) in [5.74, 6) is -1.67. The smallest absolute Gasteiger partial charge is 0.300 e. The molecule has 0 spiro atoms. The van der Waals surface area contributed by atoms with E-state index in [2.05, 4.69) is 125 Å². The van der Waals surface area contributed by atoms with Crippen LogP contribution in [0.15, 0.2) is 0 Å². The molecule has 0 aliphatic heterocycles. The minimum atomic E-state index is -0.833. The standard InChI is InChI=1S/2C12H26P.2C2H4O2.2Pd/c2*1-10(2,3)13(11(4,5)6)12(7,8)9;2*1-2(3)4;;/h2*1H2,2-9H3;2*1H3,(H,3,4);;/q2*-1;;;;. The molecule has 4 nitrogen and oxygen atoms in total. The van der Waals surface area contributed by atoms with Crippen LogP contribution in [-0.4, -0.2) is 53.1 Å². The predicted molar refractivity (Wildman–Crippen MR) is 158 cm³/mol. The summed E-state index contributed by atoms with van der Waals surface area (Å²) >= 11 is 0. The largest absolute Gasteiger partial charge is 0.481 e. The molecule has 0 aliphatic carbocycles. The molecule has 0 aromatic rings. The van der Waals surface area contributed by atoms with Crippen molar-refractivity contribution in [3.8, 4) is 0 Å². The van der Waals surface area contributed by atoms with E-state index in [1.807, 2.05) is 0 Å². The summed E-state index contributed by atoms with van der Waals surface area (Å²) in [7, 11) is -0.190. The summed E-state index contributed by atoms with van der Waals surface area (Å²) in [6, 6.07) is 0. The zero-order valence-corrected chi connectivity index (χ0v) is 31.6. The maximum atomic E-state index is 9.00. The second-order valence-electron chi connectivity index (χ2n) is 14.0.